The first-order valence-electron chi connectivity index (χ1n) is 5.19. The van der Waals surface area contributed by atoms with Gasteiger partial charge < -0.3 is 19.7 Å². The maximum absolute atomic E-state index is 11.0. The van der Waals surface area contributed by atoms with Gasteiger partial charge in [-0.2, -0.15) is 0 Å². The summed E-state index contributed by atoms with van der Waals surface area (Å²) in [7, 11) is 0. The largest absolute Gasteiger partial charge is 0.481 e. The second-order valence-electron chi connectivity index (χ2n) is 3.27. The van der Waals surface area contributed by atoms with Crippen molar-refractivity contribution in [2.75, 3.05) is 19.8 Å². The molecule has 0 aliphatic rings. The summed E-state index contributed by atoms with van der Waals surface area (Å²) < 4.78 is 9.55. The summed E-state index contributed by atoms with van der Waals surface area (Å²) in [5.74, 6) is -2.43. The Morgan fingerprint density at radius 2 is 1.41 bits per heavy atom. The van der Waals surface area contributed by atoms with Crippen molar-refractivity contribution in [1.29, 1.82) is 0 Å². The molecule has 0 heterocycles. The van der Waals surface area contributed by atoms with Crippen molar-refractivity contribution in [2.24, 2.45) is 0 Å². The first kappa shape index (κ1) is 15.4. The molecule has 7 heteroatoms. The second kappa shape index (κ2) is 9.59. The number of hydrogen-bond donors (Lipinski definition) is 2. The van der Waals surface area contributed by atoms with Crippen molar-refractivity contribution in [2.45, 2.75) is 25.7 Å². The van der Waals surface area contributed by atoms with E-state index in [4.69, 9.17) is 14.9 Å². The van der Waals surface area contributed by atoms with Crippen LogP contribution in [0.15, 0.2) is 0 Å². The molecule has 0 amide bonds. The molecule has 0 saturated carbocycles. The molecule has 0 fully saturated rings. The monoisotopic (exact) mass is 248 g/mol. The highest BCUT2D eigenvalue weighted by molar-refractivity contribution is 5.70. The predicted molar refractivity (Wildman–Crippen MR) is 55.5 cm³/mol. The minimum atomic E-state index is -0.939. The fourth-order valence-electron chi connectivity index (χ4n) is 0.932. The highest BCUT2D eigenvalue weighted by Gasteiger charge is 2.04. The van der Waals surface area contributed by atoms with Gasteiger partial charge in [-0.15, -0.1) is 0 Å². The van der Waals surface area contributed by atoms with Crippen LogP contribution in [0.25, 0.3) is 0 Å². The second-order valence-corrected chi connectivity index (χ2v) is 3.27. The average Bonchev–Trinajstić information content (AvgIpc) is 2.23. The Bertz CT molecular complexity index is 261. The van der Waals surface area contributed by atoms with E-state index in [-0.39, 0.29) is 39.1 Å². The van der Waals surface area contributed by atoms with E-state index in [2.05, 4.69) is 4.74 Å². The summed E-state index contributed by atoms with van der Waals surface area (Å²) in [5, 5.41) is 16.6. The molecule has 17 heavy (non-hydrogen) atoms. The van der Waals surface area contributed by atoms with Crippen molar-refractivity contribution in [3.05, 3.63) is 0 Å². The molecule has 0 atom stereocenters. The van der Waals surface area contributed by atoms with Crippen LogP contribution in [0.1, 0.15) is 25.7 Å². The minimum absolute atomic E-state index is 0.00629. The lowest BCUT2D eigenvalue weighted by atomic mass is 10.3. The Morgan fingerprint density at radius 3 is 1.94 bits per heavy atom. The molecule has 0 aliphatic heterocycles. The van der Waals surface area contributed by atoms with Gasteiger partial charge in [0.05, 0.1) is 6.61 Å². The first-order valence-corrected chi connectivity index (χ1v) is 5.19. The number of carbonyl (C=O) groups is 3. The lowest BCUT2D eigenvalue weighted by Gasteiger charge is -2.04. The van der Waals surface area contributed by atoms with E-state index >= 15 is 0 Å². The molecule has 0 radical (unpaired) electrons. The van der Waals surface area contributed by atoms with Crippen LogP contribution in [-0.4, -0.2) is 47.9 Å². The maximum atomic E-state index is 11.0. The zero-order valence-electron chi connectivity index (χ0n) is 9.39. The van der Waals surface area contributed by atoms with E-state index in [1.54, 1.807) is 0 Å². The normalized spacial score (nSPS) is 9.88. The molecule has 0 aromatic rings. The number of esters is 1. The lowest BCUT2D eigenvalue weighted by molar-refractivity contribution is -0.150. The molecule has 0 bridgehead atoms. The number of hydrogen-bond acceptors (Lipinski definition) is 5. The van der Waals surface area contributed by atoms with Crippen molar-refractivity contribution < 1.29 is 34.1 Å². The topological polar surface area (TPSA) is 110 Å². The summed E-state index contributed by atoms with van der Waals surface area (Å²) >= 11 is 0. The zero-order valence-corrected chi connectivity index (χ0v) is 9.39. The van der Waals surface area contributed by atoms with Crippen molar-refractivity contribution in [1.82, 2.24) is 0 Å². The number of carboxylic acids is 2. The summed E-state index contributed by atoms with van der Waals surface area (Å²) in [6.45, 7) is -0.0210. The maximum Gasteiger partial charge on any atom is 0.332 e. The first-order chi connectivity index (χ1) is 8.02. The smallest absolute Gasteiger partial charge is 0.332 e. The summed E-state index contributed by atoms with van der Waals surface area (Å²) in [5.41, 5.74) is 0. The standard InChI is InChI=1S/C10H16O7/c11-8(12)3-1-5-16-7-10(15)17-6-2-4-9(13)14/h1-7H2,(H,11,12)(H,13,14). The van der Waals surface area contributed by atoms with Crippen molar-refractivity contribution >= 4 is 17.9 Å². The molecule has 0 aromatic carbocycles. The SMILES string of the molecule is O=C(O)CCCOCC(=O)OCCCC(=O)O. The van der Waals surface area contributed by atoms with Gasteiger partial charge in [0.1, 0.15) is 6.61 Å². The van der Waals surface area contributed by atoms with Gasteiger partial charge in [-0.1, -0.05) is 0 Å². The summed E-state index contributed by atoms with van der Waals surface area (Å²) in [6.07, 6.45) is 0.544. The Labute approximate surface area is 98.3 Å². The molecular weight excluding hydrogens is 232 g/mol. The van der Waals surface area contributed by atoms with Crippen LogP contribution in [0.4, 0.5) is 0 Å². The van der Waals surface area contributed by atoms with Gasteiger partial charge in [-0.05, 0) is 12.8 Å². The zero-order chi connectivity index (χ0) is 13.1. The predicted octanol–water partition coefficient (Wildman–Crippen LogP) is 0.276. The molecule has 0 unspecified atom stereocenters. The quantitative estimate of drug-likeness (QED) is 0.422. The van der Waals surface area contributed by atoms with E-state index in [1.807, 2.05) is 0 Å². The van der Waals surface area contributed by atoms with Gasteiger partial charge in [0, 0.05) is 19.4 Å². The van der Waals surface area contributed by atoms with Crippen LogP contribution >= 0.6 is 0 Å². The Morgan fingerprint density at radius 1 is 0.882 bits per heavy atom. The van der Waals surface area contributed by atoms with E-state index in [0.29, 0.717) is 6.42 Å². The summed E-state index contributed by atoms with van der Waals surface area (Å²) in [6, 6.07) is 0. The van der Waals surface area contributed by atoms with E-state index in [0.717, 1.165) is 0 Å². The molecule has 0 aliphatic carbocycles. The molecule has 98 valence electrons. The molecule has 7 nitrogen and oxygen atoms in total. The van der Waals surface area contributed by atoms with Crippen LogP contribution in [0, 0.1) is 0 Å². The molecule has 2 N–H and O–H groups in total. The number of rotatable bonds is 10. The lowest BCUT2D eigenvalue weighted by Crippen LogP contribution is -2.14. The van der Waals surface area contributed by atoms with E-state index in [1.165, 1.54) is 0 Å². The van der Waals surface area contributed by atoms with Crippen LogP contribution in [0.2, 0.25) is 0 Å². The van der Waals surface area contributed by atoms with Crippen LogP contribution in [0.3, 0.4) is 0 Å². The number of ether oxygens (including phenoxy) is 2. The minimum Gasteiger partial charge on any atom is -0.481 e. The van der Waals surface area contributed by atoms with Crippen LogP contribution < -0.4 is 0 Å². The van der Waals surface area contributed by atoms with Gasteiger partial charge in [-0.3, -0.25) is 9.59 Å². The third kappa shape index (κ3) is 12.3. The number of aliphatic carboxylic acids is 2. The fraction of sp³-hybridized carbons (Fsp3) is 0.700. The van der Waals surface area contributed by atoms with Crippen LogP contribution in [-0.2, 0) is 23.9 Å². The molecule has 0 rings (SSSR count). The highest BCUT2D eigenvalue weighted by Crippen LogP contribution is 1.93. The fourth-order valence-corrected chi connectivity index (χ4v) is 0.932. The molecular formula is C10H16O7. The summed E-state index contributed by atoms with van der Waals surface area (Å²) in [4.78, 5) is 31.2. The van der Waals surface area contributed by atoms with E-state index in [9.17, 15) is 14.4 Å². The number of carbonyl (C=O) groups excluding carboxylic acids is 1. The third-order valence-electron chi connectivity index (χ3n) is 1.70. The Hall–Kier alpha value is -1.63. The average molecular weight is 248 g/mol. The van der Waals surface area contributed by atoms with E-state index < -0.39 is 17.9 Å². The number of carboxylic acid groups (broad SMARTS) is 2. The highest BCUT2D eigenvalue weighted by atomic mass is 16.6. The Balaban J connectivity index is 3.29. The molecule has 0 saturated heterocycles. The van der Waals surface area contributed by atoms with Gasteiger partial charge >= 0.3 is 17.9 Å². The Kier molecular flexibility index (Phi) is 8.67. The van der Waals surface area contributed by atoms with Gasteiger partial charge in [0.25, 0.3) is 0 Å². The van der Waals surface area contributed by atoms with Crippen molar-refractivity contribution in [3.63, 3.8) is 0 Å². The van der Waals surface area contributed by atoms with Crippen LogP contribution in [0.5, 0.6) is 0 Å². The third-order valence-corrected chi connectivity index (χ3v) is 1.70. The molecule has 0 aromatic heterocycles. The van der Waals surface area contributed by atoms with Gasteiger partial charge in [0.15, 0.2) is 0 Å². The van der Waals surface area contributed by atoms with Crippen molar-refractivity contribution in [3.8, 4) is 0 Å². The van der Waals surface area contributed by atoms with Gasteiger partial charge in [0.2, 0.25) is 0 Å². The van der Waals surface area contributed by atoms with Gasteiger partial charge in [-0.25, -0.2) is 4.79 Å². The molecule has 0 spiro atoms.